The van der Waals surface area contributed by atoms with Crippen LogP contribution in [-0.4, -0.2) is 36.5 Å². The Morgan fingerprint density at radius 1 is 1.50 bits per heavy atom. The molecule has 1 aromatic rings. The SMILES string of the molecule is C[C@H]1CNCCN1C(=O)c1ccccc1Cl. The van der Waals surface area contributed by atoms with Crippen LogP contribution in [-0.2, 0) is 0 Å². The zero-order valence-electron chi connectivity index (χ0n) is 9.24. The van der Waals surface area contributed by atoms with Crippen molar-refractivity contribution >= 4 is 17.5 Å². The van der Waals surface area contributed by atoms with Crippen LogP contribution in [0.3, 0.4) is 0 Å². The van der Waals surface area contributed by atoms with Gasteiger partial charge < -0.3 is 10.2 Å². The summed E-state index contributed by atoms with van der Waals surface area (Å²) in [6, 6.07) is 7.42. The van der Waals surface area contributed by atoms with Crippen LogP contribution in [0.25, 0.3) is 0 Å². The van der Waals surface area contributed by atoms with Crippen molar-refractivity contribution in [1.82, 2.24) is 10.2 Å². The smallest absolute Gasteiger partial charge is 0.255 e. The Labute approximate surface area is 100 Å². The lowest BCUT2D eigenvalue weighted by Crippen LogP contribution is -2.52. The molecule has 1 N–H and O–H groups in total. The van der Waals surface area contributed by atoms with Gasteiger partial charge >= 0.3 is 0 Å². The van der Waals surface area contributed by atoms with E-state index >= 15 is 0 Å². The number of rotatable bonds is 1. The second-order valence-corrected chi connectivity index (χ2v) is 4.44. The first-order valence-corrected chi connectivity index (χ1v) is 5.84. The lowest BCUT2D eigenvalue weighted by atomic mass is 10.1. The number of amides is 1. The minimum atomic E-state index is 0.0274. The molecule has 0 aromatic heterocycles. The molecule has 86 valence electrons. The van der Waals surface area contributed by atoms with E-state index in [1.807, 2.05) is 24.0 Å². The highest BCUT2D eigenvalue weighted by Crippen LogP contribution is 2.18. The summed E-state index contributed by atoms with van der Waals surface area (Å²) in [6.45, 7) is 4.48. The molecule has 1 heterocycles. The normalized spacial score (nSPS) is 20.9. The average molecular weight is 239 g/mol. The lowest BCUT2D eigenvalue weighted by molar-refractivity contribution is 0.0656. The van der Waals surface area contributed by atoms with E-state index in [0.29, 0.717) is 10.6 Å². The average Bonchev–Trinajstić information content (AvgIpc) is 2.29. The zero-order valence-corrected chi connectivity index (χ0v) is 10.00. The third-order valence-corrected chi connectivity index (χ3v) is 3.20. The number of carbonyl (C=O) groups is 1. The number of benzene rings is 1. The Hall–Kier alpha value is -1.06. The molecule has 0 radical (unpaired) electrons. The van der Waals surface area contributed by atoms with Crippen LogP contribution in [0.1, 0.15) is 17.3 Å². The number of piperazine rings is 1. The molecule has 0 saturated carbocycles. The minimum absolute atomic E-state index is 0.0274. The fourth-order valence-electron chi connectivity index (χ4n) is 1.93. The van der Waals surface area contributed by atoms with E-state index in [1.165, 1.54) is 0 Å². The summed E-state index contributed by atoms with van der Waals surface area (Å²) in [5, 5.41) is 3.78. The third-order valence-electron chi connectivity index (χ3n) is 2.87. The number of nitrogens with zero attached hydrogens (tertiary/aromatic N) is 1. The molecule has 0 spiro atoms. The van der Waals surface area contributed by atoms with Gasteiger partial charge in [0.1, 0.15) is 0 Å². The molecule has 1 aromatic carbocycles. The van der Waals surface area contributed by atoms with Gasteiger partial charge in [-0.3, -0.25) is 4.79 Å². The molecule has 1 aliphatic heterocycles. The maximum Gasteiger partial charge on any atom is 0.255 e. The predicted octanol–water partition coefficient (Wildman–Crippen LogP) is 1.77. The van der Waals surface area contributed by atoms with Gasteiger partial charge in [-0.1, -0.05) is 23.7 Å². The van der Waals surface area contributed by atoms with E-state index in [9.17, 15) is 4.79 Å². The summed E-state index contributed by atoms with van der Waals surface area (Å²) in [7, 11) is 0. The van der Waals surface area contributed by atoms with E-state index in [0.717, 1.165) is 19.6 Å². The molecule has 1 aliphatic rings. The molecule has 1 saturated heterocycles. The van der Waals surface area contributed by atoms with E-state index in [4.69, 9.17) is 11.6 Å². The summed E-state index contributed by atoms with van der Waals surface area (Å²) < 4.78 is 0. The fraction of sp³-hybridized carbons (Fsp3) is 0.417. The number of halogens is 1. The van der Waals surface area contributed by atoms with Crippen LogP contribution >= 0.6 is 11.6 Å². The van der Waals surface area contributed by atoms with Gasteiger partial charge in [-0.15, -0.1) is 0 Å². The highest BCUT2D eigenvalue weighted by atomic mass is 35.5. The maximum absolute atomic E-state index is 12.2. The predicted molar refractivity (Wildman–Crippen MR) is 64.8 cm³/mol. The van der Waals surface area contributed by atoms with Crippen molar-refractivity contribution in [2.45, 2.75) is 13.0 Å². The molecule has 1 atom stereocenters. The van der Waals surface area contributed by atoms with Crippen LogP contribution in [0.2, 0.25) is 5.02 Å². The Morgan fingerprint density at radius 3 is 2.94 bits per heavy atom. The highest BCUT2D eigenvalue weighted by molar-refractivity contribution is 6.33. The van der Waals surface area contributed by atoms with Crippen LogP contribution in [0.5, 0.6) is 0 Å². The third kappa shape index (κ3) is 2.20. The van der Waals surface area contributed by atoms with E-state index in [-0.39, 0.29) is 11.9 Å². The topological polar surface area (TPSA) is 32.3 Å². The first kappa shape index (κ1) is 11.4. The number of nitrogens with one attached hydrogen (secondary N) is 1. The van der Waals surface area contributed by atoms with Crippen molar-refractivity contribution < 1.29 is 4.79 Å². The largest absolute Gasteiger partial charge is 0.333 e. The molecule has 0 unspecified atom stereocenters. The molecule has 3 nitrogen and oxygen atoms in total. The van der Waals surface area contributed by atoms with E-state index in [1.54, 1.807) is 12.1 Å². The molecule has 0 bridgehead atoms. The molecule has 4 heteroatoms. The molecule has 2 rings (SSSR count). The van der Waals surface area contributed by atoms with Crippen LogP contribution in [0.15, 0.2) is 24.3 Å². The van der Waals surface area contributed by atoms with Crippen molar-refractivity contribution in [2.75, 3.05) is 19.6 Å². The van der Waals surface area contributed by atoms with E-state index in [2.05, 4.69) is 5.32 Å². The van der Waals surface area contributed by atoms with Gasteiger partial charge in [0.15, 0.2) is 0 Å². The lowest BCUT2D eigenvalue weighted by Gasteiger charge is -2.34. The maximum atomic E-state index is 12.2. The molecule has 1 amide bonds. The Balaban J connectivity index is 2.21. The van der Waals surface area contributed by atoms with Crippen molar-refractivity contribution in [2.24, 2.45) is 0 Å². The minimum Gasteiger partial charge on any atom is -0.333 e. The molecular weight excluding hydrogens is 224 g/mol. The van der Waals surface area contributed by atoms with Crippen LogP contribution in [0, 0.1) is 0 Å². The summed E-state index contributed by atoms with van der Waals surface area (Å²) in [4.78, 5) is 14.1. The Kier molecular flexibility index (Phi) is 3.46. The molecular formula is C12H15ClN2O. The number of hydrogen-bond donors (Lipinski definition) is 1. The van der Waals surface area contributed by atoms with Crippen LogP contribution < -0.4 is 5.32 Å². The fourth-order valence-corrected chi connectivity index (χ4v) is 2.15. The first-order valence-electron chi connectivity index (χ1n) is 5.46. The van der Waals surface area contributed by atoms with Gasteiger partial charge in [0.05, 0.1) is 10.6 Å². The highest BCUT2D eigenvalue weighted by Gasteiger charge is 2.24. The summed E-state index contributed by atoms with van der Waals surface area (Å²) in [6.07, 6.45) is 0. The Morgan fingerprint density at radius 2 is 2.25 bits per heavy atom. The molecule has 0 aliphatic carbocycles. The van der Waals surface area contributed by atoms with Gasteiger partial charge in [-0.05, 0) is 19.1 Å². The second kappa shape index (κ2) is 4.85. The molecule has 1 fully saturated rings. The van der Waals surface area contributed by atoms with Gasteiger partial charge in [0, 0.05) is 25.7 Å². The second-order valence-electron chi connectivity index (χ2n) is 4.03. The van der Waals surface area contributed by atoms with Gasteiger partial charge in [-0.25, -0.2) is 0 Å². The monoisotopic (exact) mass is 238 g/mol. The summed E-state index contributed by atoms with van der Waals surface area (Å²) in [5.74, 6) is 0.0274. The molecule has 16 heavy (non-hydrogen) atoms. The summed E-state index contributed by atoms with van der Waals surface area (Å²) >= 11 is 6.02. The Bertz CT molecular complexity index is 394. The van der Waals surface area contributed by atoms with Crippen molar-refractivity contribution in [3.63, 3.8) is 0 Å². The standard InChI is InChI=1S/C12H15ClN2O/c1-9-8-14-6-7-15(9)12(16)10-4-2-3-5-11(10)13/h2-5,9,14H,6-8H2,1H3/t9-/m0/s1. The first-order chi connectivity index (χ1) is 7.70. The van der Waals surface area contributed by atoms with Crippen molar-refractivity contribution in [1.29, 1.82) is 0 Å². The zero-order chi connectivity index (χ0) is 11.5. The van der Waals surface area contributed by atoms with Gasteiger partial charge in [0.2, 0.25) is 0 Å². The van der Waals surface area contributed by atoms with E-state index < -0.39 is 0 Å². The van der Waals surface area contributed by atoms with Gasteiger partial charge in [0.25, 0.3) is 5.91 Å². The quantitative estimate of drug-likeness (QED) is 0.809. The van der Waals surface area contributed by atoms with Crippen LogP contribution in [0.4, 0.5) is 0 Å². The summed E-state index contributed by atoms with van der Waals surface area (Å²) in [5.41, 5.74) is 0.595. The number of carbonyl (C=O) groups excluding carboxylic acids is 1. The van der Waals surface area contributed by atoms with Crippen molar-refractivity contribution in [3.8, 4) is 0 Å². The van der Waals surface area contributed by atoms with Gasteiger partial charge in [-0.2, -0.15) is 0 Å². The van der Waals surface area contributed by atoms with Crippen molar-refractivity contribution in [3.05, 3.63) is 34.9 Å². The number of hydrogen-bond acceptors (Lipinski definition) is 2.